The van der Waals surface area contributed by atoms with Crippen LogP contribution in [0.2, 0.25) is 0 Å². The third-order valence-electron chi connectivity index (χ3n) is 3.33. The lowest BCUT2D eigenvalue weighted by Crippen LogP contribution is -2.09. The number of benzene rings is 1. The molecule has 0 aliphatic rings. The normalized spacial score (nSPS) is 12.0. The van der Waals surface area contributed by atoms with Crippen molar-refractivity contribution in [1.29, 1.82) is 0 Å². The van der Waals surface area contributed by atoms with Gasteiger partial charge in [0.05, 0.1) is 18.4 Å². The van der Waals surface area contributed by atoms with E-state index in [1.165, 1.54) is 0 Å². The summed E-state index contributed by atoms with van der Waals surface area (Å²) < 4.78 is 11.5. The van der Waals surface area contributed by atoms with Crippen LogP contribution in [0.5, 0.6) is 17.2 Å². The summed E-state index contributed by atoms with van der Waals surface area (Å²) in [5.74, 6) is 2.21. The Labute approximate surface area is 125 Å². The van der Waals surface area contributed by atoms with Crippen molar-refractivity contribution < 1.29 is 9.47 Å². The number of hydrogen-bond donors (Lipinski definition) is 1. The molecule has 0 saturated carbocycles. The topological polar surface area (TPSA) is 57.4 Å². The van der Waals surface area contributed by atoms with Gasteiger partial charge >= 0.3 is 0 Å². The van der Waals surface area contributed by atoms with E-state index in [0.29, 0.717) is 5.75 Å². The molecular formula is C17H22N2O2. The third-order valence-corrected chi connectivity index (χ3v) is 3.33. The second-order valence-electron chi connectivity index (χ2n) is 5.01. The molecule has 0 spiro atoms. The third kappa shape index (κ3) is 3.34. The second-order valence-corrected chi connectivity index (χ2v) is 5.01. The molecular weight excluding hydrogens is 264 g/mol. The molecule has 0 aliphatic heterocycles. The Balaban J connectivity index is 2.44. The first-order valence-corrected chi connectivity index (χ1v) is 7.13. The number of methoxy groups -OCH3 is 1. The molecule has 1 atom stereocenters. The highest BCUT2D eigenvalue weighted by molar-refractivity contribution is 5.49. The van der Waals surface area contributed by atoms with E-state index in [2.05, 4.69) is 11.9 Å². The Morgan fingerprint density at radius 2 is 1.86 bits per heavy atom. The van der Waals surface area contributed by atoms with E-state index in [9.17, 15) is 0 Å². The first kappa shape index (κ1) is 15.3. The summed E-state index contributed by atoms with van der Waals surface area (Å²) in [4.78, 5) is 4.52. The van der Waals surface area contributed by atoms with Crippen molar-refractivity contribution in [3.05, 3.63) is 47.3 Å². The molecule has 0 amide bonds. The molecule has 112 valence electrons. The van der Waals surface area contributed by atoms with Gasteiger partial charge in [0.2, 0.25) is 0 Å². The smallest absolute Gasteiger partial charge is 0.148 e. The molecule has 2 rings (SSSR count). The zero-order valence-corrected chi connectivity index (χ0v) is 13.0. The summed E-state index contributed by atoms with van der Waals surface area (Å²) in [6.45, 7) is 5.95. The molecule has 0 saturated heterocycles. The van der Waals surface area contributed by atoms with Gasteiger partial charge in [-0.15, -0.1) is 0 Å². The SMILES string of the molecule is CCc1nc(C)ccc1Oc1cccc(OC)c1[C@H](C)N. The minimum absolute atomic E-state index is 0.181. The monoisotopic (exact) mass is 286 g/mol. The number of ether oxygens (including phenoxy) is 2. The minimum atomic E-state index is -0.181. The van der Waals surface area contributed by atoms with Crippen LogP contribution < -0.4 is 15.2 Å². The number of aryl methyl sites for hydroxylation is 2. The quantitative estimate of drug-likeness (QED) is 0.909. The van der Waals surface area contributed by atoms with Gasteiger partial charge in [0, 0.05) is 11.7 Å². The Bertz CT molecular complexity index is 624. The number of nitrogens with two attached hydrogens (primary N) is 1. The molecule has 0 bridgehead atoms. The molecule has 0 aliphatic carbocycles. The molecule has 1 heterocycles. The molecule has 4 nitrogen and oxygen atoms in total. The number of rotatable bonds is 5. The van der Waals surface area contributed by atoms with Crippen LogP contribution in [0.1, 0.15) is 36.8 Å². The van der Waals surface area contributed by atoms with Crippen molar-refractivity contribution in [2.45, 2.75) is 33.2 Å². The fraction of sp³-hybridized carbons (Fsp3) is 0.353. The van der Waals surface area contributed by atoms with E-state index < -0.39 is 0 Å². The lowest BCUT2D eigenvalue weighted by atomic mass is 10.1. The molecule has 2 aromatic rings. The molecule has 1 aromatic heterocycles. The van der Waals surface area contributed by atoms with Gasteiger partial charge in [0.25, 0.3) is 0 Å². The standard InChI is InChI=1S/C17H22N2O2/c1-5-13-14(10-9-11(2)19-13)21-16-8-6-7-15(20-4)17(16)12(3)18/h6-10,12H,5,18H2,1-4H3/t12-/m0/s1. The molecule has 0 radical (unpaired) electrons. The Hall–Kier alpha value is -2.07. The summed E-state index contributed by atoms with van der Waals surface area (Å²) in [5, 5.41) is 0. The molecule has 0 fully saturated rings. The number of hydrogen-bond acceptors (Lipinski definition) is 4. The summed E-state index contributed by atoms with van der Waals surface area (Å²) in [6, 6.07) is 9.40. The van der Waals surface area contributed by atoms with Crippen LogP contribution >= 0.6 is 0 Å². The molecule has 1 aromatic carbocycles. The van der Waals surface area contributed by atoms with Crippen LogP contribution in [0.15, 0.2) is 30.3 Å². The lowest BCUT2D eigenvalue weighted by molar-refractivity contribution is 0.396. The highest BCUT2D eigenvalue weighted by Crippen LogP contribution is 2.36. The Morgan fingerprint density at radius 1 is 1.14 bits per heavy atom. The molecule has 4 heteroatoms. The van der Waals surface area contributed by atoms with Crippen molar-refractivity contribution in [2.75, 3.05) is 7.11 Å². The van der Waals surface area contributed by atoms with Gasteiger partial charge in [-0.2, -0.15) is 0 Å². The molecule has 2 N–H and O–H groups in total. The maximum Gasteiger partial charge on any atom is 0.148 e. The average Bonchev–Trinajstić information content (AvgIpc) is 2.48. The largest absolute Gasteiger partial charge is 0.496 e. The zero-order chi connectivity index (χ0) is 15.4. The summed E-state index contributed by atoms with van der Waals surface area (Å²) >= 11 is 0. The van der Waals surface area contributed by atoms with Crippen LogP contribution in [-0.4, -0.2) is 12.1 Å². The van der Waals surface area contributed by atoms with E-state index >= 15 is 0 Å². The first-order chi connectivity index (χ1) is 10.1. The summed E-state index contributed by atoms with van der Waals surface area (Å²) in [7, 11) is 1.63. The van der Waals surface area contributed by atoms with Gasteiger partial charge < -0.3 is 15.2 Å². The van der Waals surface area contributed by atoms with Crippen molar-refractivity contribution in [3.8, 4) is 17.2 Å². The highest BCUT2D eigenvalue weighted by atomic mass is 16.5. The van der Waals surface area contributed by atoms with Gasteiger partial charge in [0.1, 0.15) is 17.2 Å². The van der Waals surface area contributed by atoms with Gasteiger partial charge in [-0.1, -0.05) is 13.0 Å². The first-order valence-electron chi connectivity index (χ1n) is 7.13. The highest BCUT2D eigenvalue weighted by Gasteiger charge is 2.16. The van der Waals surface area contributed by atoms with Crippen molar-refractivity contribution in [1.82, 2.24) is 4.98 Å². The summed E-state index contributed by atoms with van der Waals surface area (Å²) in [5.41, 5.74) is 8.85. The van der Waals surface area contributed by atoms with Crippen molar-refractivity contribution in [2.24, 2.45) is 5.73 Å². The number of aromatic nitrogens is 1. The lowest BCUT2D eigenvalue weighted by Gasteiger charge is -2.18. The predicted molar refractivity (Wildman–Crippen MR) is 84.0 cm³/mol. The number of nitrogens with zero attached hydrogens (tertiary/aromatic N) is 1. The van der Waals surface area contributed by atoms with E-state index in [4.69, 9.17) is 15.2 Å². The Morgan fingerprint density at radius 3 is 2.48 bits per heavy atom. The summed E-state index contributed by atoms with van der Waals surface area (Å²) in [6.07, 6.45) is 0.814. The molecule has 0 unspecified atom stereocenters. The van der Waals surface area contributed by atoms with Gasteiger partial charge in [-0.05, 0) is 44.5 Å². The molecule has 21 heavy (non-hydrogen) atoms. The fourth-order valence-corrected chi connectivity index (χ4v) is 2.30. The van der Waals surface area contributed by atoms with Crippen LogP contribution in [-0.2, 0) is 6.42 Å². The Kier molecular flexibility index (Phi) is 4.81. The zero-order valence-electron chi connectivity index (χ0n) is 13.0. The fourth-order valence-electron chi connectivity index (χ4n) is 2.30. The van der Waals surface area contributed by atoms with Gasteiger partial charge in [0.15, 0.2) is 0 Å². The van der Waals surface area contributed by atoms with Crippen LogP contribution in [0, 0.1) is 6.92 Å². The number of pyridine rings is 1. The van der Waals surface area contributed by atoms with Gasteiger partial charge in [-0.3, -0.25) is 4.98 Å². The van der Waals surface area contributed by atoms with Crippen molar-refractivity contribution >= 4 is 0 Å². The van der Waals surface area contributed by atoms with Gasteiger partial charge in [-0.25, -0.2) is 0 Å². The average molecular weight is 286 g/mol. The second kappa shape index (κ2) is 6.59. The minimum Gasteiger partial charge on any atom is -0.496 e. The van der Waals surface area contributed by atoms with E-state index in [1.807, 2.05) is 44.2 Å². The van der Waals surface area contributed by atoms with Crippen LogP contribution in [0.3, 0.4) is 0 Å². The maximum atomic E-state index is 6.07. The van der Waals surface area contributed by atoms with E-state index in [-0.39, 0.29) is 6.04 Å². The van der Waals surface area contributed by atoms with E-state index in [0.717, 1.165) is 34.9 Å². The van der Waals surface area contributed by atoms with E-state index in [1.54, 1.807) is 7.11 Å². The van der Waals surface area contributed by atoms with Crippen LogP contribution in [0.4, 0.5) is 0 Å². The van der Waals surface area contributed by atoms with Crippen LogP contribution in [0.25, 0.3) is 0 Å². The predicted octanol–water partition coefficient (Wildman–Crippen LogP) is 3.77. The maximum absolute atomic E-state index is 6.07. The van der Waals surface area contributed by atoms with Crippen molar-refractivity contribution in [3.63, 3.8) is 0 Å².